The zero-order valence-corrected chi connectivity index (χ0v) is 24.3. The van der Waals surface area contributed by atoms with E-state index in [0.29, 0.717) is 30.4 Å². The van der Waals surface area contributed by atoms with E-state index in [-0.39, 0.29) is 18.1 Å². The van der Waals surface area contributed by atoms with E-state index < -0.39 is 17.4 Å². The van der Waals surface area contributed by atoms with Gasteiger partial charge in [0.05, 0.1) is 30.0 Å². The SMILES string of the molecule is CCc1nc2ccc(-c3ccc(CC(=O)N4CC(O)C4)nc3C)cn2c1N(C)C1=NC(c2ccc(F)cc2)C(C#N)S1. The molecule has 1 fully saturated rings. The zero-order valence-electron chi connectivity index (χ0n) is 23.5. The highest BCUT2D eigenvalue weighted by atomic mass is 32.2. The number of imidazole rings is 1. The number of fused-ring (bicyclic) bond motifs is 1. The van der Waals surface area contributed by atoms with Crippen molar-refractivity contribution in [2.45, 2.75) is 44.1 Å². The summed E-state index contributed by atoms with van der Waals surface area (Å²) >= 11 is 1.39. The Balaban J connectivity index is 1.31. The predicted molar refractivity (Wildman–Crippen MR) is 161 cm³/mol. The number of carbonyl (C=O) groups excluding carboxylic acids is 1. The molecule has 0 spiro atoms. The molecule has 1 N–H and O–H groups in total. The number of aliphatic hydroxyl groups is 1. The summed E-state index contributed by atoms with van der Waals surface area (Å²) in [7, 11) is 1.93. The van der Waals surface area contributed by atoms with Gasteiger partial charge in [-0.05, 0) is 49.2 Å². The van der Waals surface area contributed by atoms with Gasteiger partial charge in [0, 0.05) is 43.2 Å². The van der Waals surface area contributed by atoms with Crippen molar-refractivity contribution >= 4 is 34.3 Å². The van der Waals surface area contributed by atoms with Crippen LogP contribution in [0.2, 0.25) is 0 Å². The lowest BCUT2D eigenvalue weighted by Crippen LogP contribution is -2.54. The Labute approximate surface area is 247 Å². The van der Waals surface area contributed by atoms with Crippen molar-refractivity contribution in [3.8, 4) is 17.2 Å². The summed E-state index contributed by atoms with van der Waals surface area (Å²) in [5, 5.41) is 19.6. The number of carbonyl (C=O) groups is 1. The maximum atomic E-state index is 13.5. The third-order valence-electron chi connectivity index (χ3n) is 7.71. The van der Waals surface area contributed by atoms with Gasteiger partial charge in [-0.1, -0.05) is 36.9 Å². The fourth-order valence-electron chi connectivity index (χ4n) is 5.43. The maximum absolute atomic E-state index is 13.5. The fourth-order valence-corrected chi connectivity index (χ4v) is 6.48. The number of hydrogen-bond acceptors (Lipinski definition) is 8. The van der Waals surface area contributed by atoms with Gasteiger partial charge < -0.3 is 14.9 Å². The first-order valence-corrected chi connectivity index (χ1v) is 14.7. The Morgan fingerprint density at radius 2 is 1.93 bits per heavy atom. The number of amidine groups is 1. The molecule has 9 nitrogen and oxygen atoms in total. The van der Waals surface area contributed by atoms with Crippen LogP contribution in [0.5, 0.6) is 0 Å². The van der Waals surface area contributed by atoms with Crippen LogP contribution in [0.3, 0.4) is 0 Å². The average Bonchev–Trinajstić information content (AvgIpc) is 3.57. The topological polar surface area (TPSA) is 110 Å². The lowest BCUT2D eigenvalue weighted by atomic mass is 10.0. The molecule has 1 aromatic carbocycles. The smallest absolute Gasteiger partial charge is 0.228 e. The first-order chi connectivity index (χ1) is 20.2. The number of aryl methyl sites for hydroxylation is 2. The fraction of sp³-hybridized carbons (Fsp3) is 0.323. The second kappa shape index (κ2) is 11.2. The van der Waals surface area contributed by atoms with Gasteiger partial charge in [-0.3, -0.25) is 19.2 Å². The lowest BCUT2D eigenvalue weighted by Gasteiger charge is -2.35. The number of nitriles is 1. The van der Waals surface area contributed by atoms with E-state index in [9.17, 15) is 19.6 Å². The molecule has 11 heteroatoms. The van der Waals surface area contributed by atoms with Crippen molar-refractivity contribution < 1.29 is 14.3 Å². The standard InChI is InChI=1S/C31H30FN7O2S/c1-4-25-30(37(3)31-36-29(26(14-33)42-31)19-5-8-21(32)9-6-19)39-15-20(7-12-27(39)35-25)24-11-10-22(34-18(24)2)13-28(41)38-16-23(40)17-38/h5-12,15,23,26,29,40H,4,13,16-17H2,1-3H3. The number of halogens is 1. The number of amides is 1. The van der Waals surface area contributed by atoms with Crippen molar-refractivity contribution in [3.63, 3.8) is 0 Å². The van der Waals surface area contributed by atoms with Crippen LogP contribution >= 0.6 is 11.8 Å². The van der Waals surface area contributed by atoms with E-state index in [4.69, 9.17) is 15.0 Å². The largest absolute Gasteiger partial charge is 0.389 e. The molecule has 0 bridgehead atoms. The summed E-state index contributed by atoms with van der Waals surface area (Å²) < 4.78 is 15.6. The quantitative estimate of drug-likeness (QED) is 0.360. The molecule has 0 aliphatic carbocycles. The molecule has 2 aliphatic rings. The van der Waals surface area contributed by atoms with Gasteiger partial charge in [-0.25, -0.2) is 9.37 Å². The number of nitrogens with zero attached hydrogens (tertiary/aromatic N) is 7. The van der Waals surface area contributed by atoms with Crippen LogP contribution in [0.15, 0.2) is 59.7 Å². The van der Waals surface area contributed by atoms with Crippen molar-refractivity contribution in [1.29, 1.82) is 5.26 Å². The lowest BCUT2D eigenvalue weighted by molar-refractivity contribution is -0.140. The predicted octanol–water partition coefficient (Wildman–Crippen LogP) is 4.32. The van der Waals surface area contributed by atoms with Crippen molar-refractivity contribution in [3.05, 3.63) is 83.2 Å². The molecule has 1 saturated heterocycles. The van der Waals surface area contributed by atoms with Gasteiger partial charge in [-0.2, -0.15) is 5.26 Å². The molecule has 3 aromatic heterocycles. The number of benzene rings is 1. The number of anilines is 1. The van der Waals surface area contributed by atoms with Crippen LogP contribution in [0.1, 0.15) is 35.6 Å². The van der Waals surface area contributed by atoms with E-state index in [1.807, 2.05) is 53.7 Å². The Morgan fingerprint density at radius 3 is 2.60 bits per heavy atom. The number of likely N-dealkylation sites (tertiary alicyclic amines) is 1. The zero-order chi connectivity index (χ0) is 29.5. The van der Waals surface area contributed by atoms with E-state index in [1.165, 1.54) is 23.9 Å². The highest BCUT2D eigenvalue weighted by Crippen LogP contribution is 2.40. The number of hydrogen-bond donors (Lipinski definition) is 1. The molecule has 214 valence electrons. The van der Waals surface area contributed by atoms with Gasteiger partial charge >= 0.3 is 0 Å². The van der Waals surface area contributed by atoms with Crippen molar-refractivity contribution in [1.82, 2.24) is 19.3 Å². The molecular weight excluding hydrogens is 553 g/mol. The molecule has 0 saturated carbocycles. The van der Waals surface area contributed by atoms with Gasteiger partial charge in [0.2, 0.25) is 5.91 Å². The van der Waals surface area contributed by atoms with Crippen LogP contribution in [0.25, 0.3) is 16.8 Å². The summed E-state index contributed by atoms with van der Waals surface area (Å²) in [4.78, 5) is 30.6. The molecule has 2 unspecified atom stereocenters. The Hall–Kier alpha value is -4.27. The first-order valence-electron chi connectivity index (χ1n) is 13.8. The second-order valence-corrected chi connectivity index (χ2v) is 11.7. The van der Waals surface area contributed by atoms with Gasteiger partial charge in [0.25, 0.3) is 0 Å². The molecule has 4 aromatic rings. The molecule has 2 atom stereocenters. The van der Waals surface area contributed by atoms with Crippen LogP contribution in [0.4, 0.5) is 10.2 Å². The Morgan fingerprint density at radius 1 is 1.17 bits per heavy atom. The summed E-state index contributed by atoms with van der Waals surface area (Å²) in [6.45, 7) is 4.75. The molecular formula is C31H30FN7O2S. The Bertz CT molecular complexity index is 1740. The summed E-state index contributed by atoms with van der Waals surface area (Å²) in [5.74, 6) is 0.503. The third kappa shape index (κ3) is 5.12. The van der Waals surface area contributed by atoms with E-state index >= 15 is 0 Å². The molecule has 1 amide bonds. The van der Waals surface area contributed by atoms with Crippen LogP contribution in [0, 0.1) is 24.1 Å². The number of aliphatic imine (C=N–C) groups is 1. The second-order valence-electron chi connectivity index (χ2n) is 10.6. The van der Waals surface area contributed by atoms with Gasteiger partial charge in [-0.15, -0.1) is 0 Å². The van der Waals surface area contributed by atoms with E-state index in [1.54, 1.807) is 17.0 Å². The average molecular weight is 584 g/mol. The summed E-state index contributed by atoms with van der Waals surface area (Å²) in [6, 6.07) is 16.0. The third-order valence-corrected chi connectivity index (χ3v) is 8.92. The maximum Gasteiger partial charge on any atom is 0.228 e. The van der Waals surface area contributed by atoms with Crippen LogP contribution < -0.4 is 4.90 Å². The molecule has 5 heterocycles. The minimum absolute atomic E-state index is 0.0347. The van der Waals surface area contributed by atoms with Crippen molar-refractivity contribution in [2.75, 3.05) is 25.0 Å². The van der Waals surface area contributed by atoms with Gasteiger partial charge in [0.1, 0.15) is 28.6 Å². The normalized spacial score (nSPS) is 18.6. The number of aromatic nitrogens is 3. The van der Waals surface area contributed by atoms with E-state index in [2.05, 4.69) is 13.0 Å². The van der Waals surface area contributed by atoms with Gasteiger partial charge in [0.15, 0.2) is 5.17 Å². The van der Waals surface area contributed by atoms with Crippen LogP contribution in [-0.2, 0) is 17.6 Å². The summed E-state index contributed by atoms with van der Waals surface area (Å²) in [6.07, 6.45) is 2.51. The van der Waals surface area contributed by atoms with Crippen LogP contribution in [-0.4, -0.2) is 66.9 Å². The highest BCUT2D eigenvalue weighted by molar-refractivity contribution is 8.15. The first kappa shape index (κ1) is 27.9. The number of aliphatic hydroxyl groups excluding tert-OH is 1. The Kier molecular flexibility index (Phi) is 7.43. The minimum atomic E-state index is -0.432. The monoisotopic (exact) mass is 583 g/mol. The number of pyridine rings is 2. The van der Waals surface area contributed by atoms with E-state index in [0.717, 1.165) is 39.5 Å². The number of β-amino-alcohol motifs (C(OH)–C–C–N with tert-alkyl or cyclic N) is 1. The number of thioether (sulfide) groups is 1. The molecule has 42 heavy (non-hydrogen) atoms. The molecule has 0 radical (unpaired) electrons. The highest BCUT2D eigenvalue weighted by Gasteiger charge is 2.35. The molecule has 2 aliphatic heterocycles. The number of rotatable bonds is 6. The van der Waals surface area contributed by atoms with Crippen molar-refractivity contribution in [2.24, 2.45) is 4.99 Å². The minimum Gasteiger partial charge on any atom is -0.389 e. The molecule has 6 rings (SSSR count). The summed E-state index contributed by atoms with van der Waals surface area (Å²) in [5.41, 5.74) is 5.88.